The second-order valence-electron chi connectivity index (χ2n) is 6.69. The van der Waals surface area contributed by atoms with Crippen LogP contribution in [0, 0.1) is 21.8 Å². The Morgan fingerprint density at radius 2 is 1.84 bits per heavy atom. The fourth-order valence-electron chi connectivity index (χ4n) is 2.65. The van der Waals surface area contributed by atoms with E-state index < -0.39 is 5.91 Å². The Bertz CT molecular complexity index is 1190. The Balaban J connectivity index is 1.70. The number of hydrogen-bond acceptors (Lipinski definition) is 3. The van der Waals surface area contributed by atoms with Crippen molar-refractivity contribution in [1.29, 1.82) is 5.26 Å². The van der Waals surface area contributed by atoms with Crippen molar-refractivity contribution in [1.82, 2.24) is 0 Å². The summed E-state index contributed by atoms with van der Waals surface area (Å²) in [6, 6.07) is 20.2. The highest BCUT2D eigenvalue weighted by atomic mass is 127. The summed E-state index contributed by atoms with van der Waals surface area (Å²) >= 11 is 14.7. The maximum absolute atomic E-state index is 12.5. The van der Waals surface area contributed by atoms with Gasteiger partial charge in [-0.15, -0.1) is 0 Å². The molecule has 0 aliphatic heterocycles. The number of nitriles is 1. The lowest BCUT2D eigenvalue weighted by Crippen LogP contribution is -2.13. The Labute approximate surface area is 204 Å². The topological polar surface area (TPSA) is 62.1 Å². The van der Waals surface area contributed by atoms with E-state index in [0.29, 0.717) is 33.7 Å². The Morgan fingerprint density at radius 3 is 2.48 bits per heavy atom. The molecule has 31 heavy (non-hydrogen) atoms. The lowest BCUT2D eigenvalue weighted by molar-refractivity contribution is -0.112. The molecular weight excluding hydrogens is 546 g/mol. The Morgan fingerprint density at radius 1 is 1.10 bits per heavy atom. The molecule has 4 nitrogen and oxygen atoms in total. The number of anilines is 1. The predicted octanol–water partition coefficient (Wildman–Crippen LogP) is 7.03. The molecule has 0 aromatic heterocycles. The molecule has 0 spiro atoms. The van der Waals surface area contributed by atoms with E-state index in [0.717, 1.165) is 14.7 Å². The summed E-state index contributed by atoms with van der Waals surface area (Å²) in [7, 11) is 0. The number of hydrogen-bond donors (Lipinski definition) is 1. The van der Waals surface area contributed by atoms with Crippen LogP contribution in [-0.4, -0.2) is 5.91 Å². The summed E-state index contributed by atoms with van der Waals surface area (Å²) in [5, 5.41) is 13.0. The number of rotatable bonds is 6. The zero-order valence-electron chi connectivity index (χ0n) is 16.5. The van der Waals surface area contributed by atoms with Crippen molar-refractivity contribution in [2.75, 3.05) is 5.32 Å². The van der Waals surface area contributed by atoms with Gasteiger partial charge >= 0.3 is 0 Å². The van der Waals surface area contributed by atoms with Gasteiger partial charge in [-0.1, -0.05) is 47.5 Å². The highest BCUT2D eigenvalue weighted by Gasteiger charge is 2.11. The van der Waals surface area contributed by atoms with Crippen molar-refractivity contribution < 1.29 is 9.53 Å². The minimum atomic E-state index is -0.530. The van der Waals surface area contributed by atoms with Crippen LogP contribution in [0.4, 0.5) is 5.69 Å². The lowest BCUT2D eigenvalue weighted by atomic mass is 10.1. The summed E-state index contributed by atoms with van der Waals surface area (Å²) in [6.45, 7) is 2.25. The van der Waals surface area contributed by atoms with Crippen molar-refractivity contribution in [2.24, 2.45) is 0 Å². The van der Waals surface area contributed by atoms with Gasteiger partial charge in [0.25, 0.3) is 5.91 Å². The van der Waals surface area contributed by atoms with Gasteiger partial charge in [-0.3, -0.25) is 4.79 Å². The van der Waals surface area contributed by atoms with Crippen LogP contribution in [0.2, 0.25) is 10.0 Å². The van der Waals surface area contributed by atoms with Gasteiger partial charge in [-0.25, -0.2) is 0 Å². The third-order valence-corrected chi connectivity index (χ3v) is 5.79. The highest BCUT2D eigenvalue weighted by molar-refractivity contribution is 14.1. The molecule has 1 N–H and O–H groups in total. The first-order valence-electron chi connectivity index (χ1n) is 9.22. The van der Waals surface area contributed by atoms with Gasteiger partial charge in [-0.05, 0) is 88.7 Å². The van der Waals surface area contributed by atoms with E-state index in [1.807, 2.05) is 37.3 Å². The van der Waals surface area contributed by atoms with Gasteiger partial charge in [0, 0.05) is 14.3 Å². The van der Waals surface area contributed by atoms with Crippen LogP contribution in [0.15, 0.2) is 66.2 Å². The SMILES string of the molecule is Cc1ccc(NC(=O)/C(C#N)=C/c2ccc(OCc3ccc(I)cc3)c(Cl)c2)cc1Cl. The van der Waals surface area contributed by atoms with E-state index in [9.17, 15) is 10.1 Å². The van der Waals surface area contributed by atoms with E-state index in [4.69, 9.17) is 27.9 Å². The number of aryl methyl sites for hydroxylation is 1. The maximum atomic E-state index is 12.5. The molecule has 0 heterocycles. The van der Waals surface area contributed by atoms with Crippen LogP contribution >= 0.6 is 45.8 Å². The number of carbonyl (C=O) groups is 1. The summed E-state index contributed by atoms with van der Waals surface area (Å²) in [6.07, 6.45) is 1.47. The predicted molar refractivity (Wildman–Crippen MR) is 133 cm³/mol. The zero-order valence-corrected chi connectivity index (χ0v) is 20.1. The fourth-order valence-corrected chi connectivity index (χ4v) is 3.43. The Hall–Kier alpha value is -2.53. The van der Waals surface area contributed by atoms with Crippen molar-refractivity contribution in [3.63, 3.8) is 0 Å². The van der Waals surface area contributed by atoms with Crippen LogP contribution in [0.1, 0.15) is 16.7 Å². The second kappa shape index (κ2) is 10.7. The fraction of sp³-hybridized carbons (Fsp3) is 0.0833. The number of benzene rings is 3. The smallest absolute Gasteiger partial charge is 0.266 e. The van der Waals surface area contributed by atoms with Gasteiger partial charge in [-0.2, -0.15) is 5.26 Å². The molecule has 0 saturated carbocycles. The first-order chi connectivity index (χ1) is 14.9. The molecule has 7 heteroatoms. The van der Waals surface area contributed by atoms with Crippen LogP contribution in [0.25, 0.3) is 6.08 Å². The summed E-state index contributed by atoms with van der Waals surface area (Å²) in [5.41, 5.74) is 2.99. The van der Waals surface area contributed by atoms with Gasteiger partial charge < -0.3 is 10.1 Å². The maximum Gasteiger partial charge on any atom is 0.266 e. The van der Waals surface area contributed by atoms with E-state index in [-0.39, 0.29) is 5.57 Å². The number of amides is 1. The quantitative estimate of drug-likeness (QED) is 0.199. The van der Waals surface area contributed by atoms with Gasteiger partial charge in [0.2, 0.25) is 0 Å². The number of nitrogens with zero attached hydrogens (tertiary/aromatic N) is 1. The van der Waals surface area contributed by atoms with Crippen molar-refractivity contribution in [3.8, 4) is 11.8 Å². The van der Waals surface area contributed by atoms with Gasteiger partial charge in [0.1, 0.15) is 24.0 Å². The van der Waals surface area contributed by atoms with Gasteiger partial charge in [0.05, 0.1) is 5.02 Å². The number of halogens is 3. The third kappa shape index (κ3) is 6.47. The minimum Gasteiger partial charge on any atom is -0.487 e. The molecule has 0 saturated heterocycles. The largest absolute Gasteiger partial charge is 0.487 e. The molecule has 3 rings (SSSR count). The number of nitrogens with one attached hydrogen (secondary N) is 1. The van der Waals surface area contributed by atoms with E-state index in [1.165, 1.54) is 6.08 Å². The average Bonchev–Trinajstić information content (AvgIpc) is 2.75. The molecule has 3 aromatic carbocycles. The third-order valence-electron chi connectivity index (χ3n) is 4.37. The van der Waals surface area contributed by atoms with E-state index in [2.05, 4.69) is 27.9 Å². The van der Waals surface area contributed by atoms with Crippen molar-refractivity contribution in [3.05, 3.63) is 96.5 Å². The molecular formula is C24H17Cl2IN2O2. The van der Waals surface area contributed by atoms with Crippen LogP contribution < -0.4 is 10.1 Å². The first-order valence-corrected chi connectivity index (χ1v) is 11.1. The number of carbonyl (C=O) groups excluding carboxylic acids is 1. The lowest BCUT2D eigenvalue weighted by Gasteiger charge is -2.09. The molecule has 1 amide bonds. The van der Waals surface area contributed by atoms with E-state index in [1.54, 1.807) is 36.4 Å². The van der Waals surface area contributed by atoms with Crippen LogP contribution in [0.3, 0.4) is 0 Å². The first kappa shape index (κ1) is 23.1. The standard InChI is InChI=1S/C24H17Cl2IN2O2/c1-15-2-8-20(12-21(15)25)29-24(30)18(13-28)10-17-5-9-23(22(26)11-17)31-14-16-3-6-19(27)7-4-16/h2-12H,14H2,1H3,(H,29,30)/b18-10+. The number of ether oxygens (including phenoxy) is 1. The average molecular weight is 563 g/mol. The van der Waals surface area contributed by atoms with E-state index >= 15 is 0 Å². The summed E-state index contributed by atoms with van der Waals surface area (Å²) in [5.74, 6) is -0.00722. The van der Waals surface area contributed by atoms with Gasteiger partial charge in [0.15, 0.2) is 0 Å². The van der Waals surface area contributed by atoms with Crippen LogP contribution in [0.5, 0.6) is 5.75 Å². The van der Waals surface area contributed by atoms with Crippen molar-refractivity contribution in [2.45, 2.75) is 13.5 Å². The van der Waals surface area contributed by atoms with Crippen molar-refractivity contribution >= 4 is 63.5 Å². The molecule has 0 unspecified atom stereocenters. The normalized spacial score (nSPS) is 11.0. The molecule has 0 radical (unpaired) electrons. The zero-order chi connectivity index (χ0) is 22.4. The summed E-state index contributed by atoms with van der Waals surface area (Å²) in [4.78, 5) is 12.5. The molecule has 0 bridgehead atoms. The van der Waals surface area contributed by atoms with Crippen LogP contribution in [-0.2, 0) is 11.4 Å². The molecule has 0 aliphatic carbocycles. The highest BCUT2D eigenvalue weighted by Crippen LogP contribution is 2.27. The summed E-state index contributed by atoms with van der Waals surface area (Å²) < 4.78 is 6.94. The molecule has 0 aliphatic rings. The molecule has 0 atom stereocenters. The second-order valence-corrected chi connectivity index (χ2v) is 8.75. The monoisotopic (exact) mass is 562 g/mol. The molecule has 156 valence electrons. The minimum absolute atomic E-state index is 0.0553. The molecule has 3 aromatic rings. The molecule has 0 fully saturated rings. The Kier molecular flexibility index (Phi) is 7.97.